The van der Waals surface area contributed by atoms with Crippen molar-refractivity contribution in [2.24, 2.45) is 7.05 Å². The standard InChI is InChI=1S/C15H20ClN3/c1-11-14(10-19-7-5-17-6-8-19)13-4-3-12(16)9-15(13)18(11)2/h3-4,9,17H,5-8,10H2,1-2H3. The molecule has 2 aromatic rings. The van der Waals surface area contributed by atoms with E-state index < -0.39 is 0 Å². The SMILES string of the molecule is Cc1c(CN2CCNCC2)c2ccc(Cl)cc2n1C. The topological polar surface area (TPSA) is 20.2 Å². The van der Waals surface area contributed by atoms with Crippen molar-refractivity contribution < 1.29 is 0 Å². The third-order valence-corrected chi connectivity index (χ3v) is 4.41. The van der Waals surface area contributed by atoms with E-state index in [1.54, 1.807) is 0 Å². The third kappa shape index (κ3) is 2.38. The molecule has 1 fully saturated rings. The van der Waals surface area contributed by atoms with Crippen LogP contribution in [0.15, 0.2) is 18.2 Å². The zero-order chi connectivity index (χ0) is 13.4. The lowest BCUT2D eigenvalue weighted by molar-refractivity contribution is 0.233. The summed E-state index contributed by atoms with van der Waals surface area (Å²) in [6.07, 6.45) is 0. The molecule has 3 nitrogen and oxygen atoms in total. The Kier molecular flexibility index (Phi) is 3.52. The number of rotatable bonds is 2. The number of hydrogen-bond acceptors (Lipinski definition) is 2. The van der Waals surface area contributed by atoms with Crippen molar-refractivity contribution in [3.8, 4) is 0 Å². The number of fused-ring (bicyclic) bond motifs is 1. The molecule has 102 valence electrons. The number of benzene rings is 1. The Morgan fingerprint density at radius 1 is 1.26 bits per heavy atom. The summed E-state index contributed by atoms with van der Waals surface area (Å²) in [7, 11) is 2.12. The smallest absolute Gasteiger partial charge is 0.0498 e. The highest BCUT2D eigenvalue weighted by Gasteiger charge is 2.16. The molecule has 0 aliphatic carbocycles. The van der Waals surface area contributed by atoms with Gasteiger partial charge in [0.15, 0.2) is 0 Å². The Hall–Kier alpha value is -1.03. The first-order valence-electron chi connectivity index (χ1n) is 6.83. The van der Waals surface area contributed by atoms with E-state index in [0.717, 1.165) is 37.7 Å². The molecule has 19 heavy (non-hydrogen) atoms. The maximum absolute atomic E-state index is 6.11. The maximum atomic E-state index is 6.11. The van der Waals surface area contributed by atoms with Crippen LogP contribution < -0.4 is 5.32 Å². The van der Waals surface area contributed by atoms with Crippen molar-refractivity contribution >= 4 is 22.5 Å². The molecule has 0 saturated carbocycles. The number of halogens is 1. The van der Waals surface area contributed by atoms with Crippen LogP contribution in [0.5, 0.6) is 0 Å². The molecular weight excluding hydrogens is 258 g/mol. The van der Waals surface area contributed by atoms with Crippen molar-refractivity contribution in [1.29, 1.82) is 0 Å². The first kappa shape index (κ1) is 13.0. The quantitative estimate of drug-likeness (QED) is 0.910. The first-order valence-corrected chi connectivity index (χ1v) is 7.21. The molecule has 1 aliphatic heterocycles. The largest absolute Gasteiger partial charge is 0.348 e. The Morgan fingerprint density at radius 2 is 2.00 bits per heavy atom. The van der Waals surface area contributed by atoms with Crippen molar-refractivity contribution in [2.45, 2.75) is 13.5 Å². The molecule has 1 aromatic heterocycles. The van der Waals surface area contributed by atoms with E-state index >= 15 is 0 Å². The minimum atomic E-state index is 0.807. The number of nitrogens with zero attached hydrogens (tertiary/aromatic N) is 2. The van der Waals surface area contributed by atoms with Crippen LogP contribution in [0.2, 0.25) is 5.02 Å². The molecule has 2 heterocycles. The average Bonchev–Trinajstić information content (AvgIpc) is 2.65. The van der Waals surface area contributed by atoms with Gasteiger partial charge in [-0.25, -0.2) is 0 Å². The molecule has 3 rings (SSSR count). The van der Waals surface area contributed by atoms with Gasteiger partial charge in [0.2, 0.25) is 0 Å². The molecule has 0 spiro atoms. The summed E-state index contributed by atoms with van der Waals surface area (Å²) >= 11 is 6.11. The minimum Gasteiger partial charge on any atom is -0.348 e. The van der Waals surface area contributed by atoms with Crippen LogP contribution in [-0.4, -0.2) is 35.6 Å². The van der Waals surface area contributed by atoms with Gasteiger partial charge in [-0.15, -0.1) is 0 Å². The number of hydrogen-bond donors (Lipinski definition) is 1. The Balaban J connectivity index is 2.00. The summed E-state index contributed by atoms with van der Waals surface area (Å²) < 4.78 is 2.25. The summed E-state index contributed by atoms with van der Waals surface area (Å²) in [5.74, 6) is 0. The molecule has 0 amide bonds. The number of aryl methyl sites for hydroxylation is 1. The number of nitrogens with one attached hydrogen (secondary N) is 1. The Bertz CT molecular complexity index is 597. The zero-order valence-electron chi connectivity index (χ0n) is 11.5. The van der Waals surface area contributed by atoms with Gasteiger partial charge in [-0.2, -0.15) is 0 Å². The molecule has 1 saturated heterocycles. The van der Waals surface area contributed by atoms with E-state index in [-0.39, 0.29) is 0 Å². The monoisotopic (exact) mass is 277 g/mol. The van der Waals surface area contributed by atoms with Gasteiger partial charge in [-0.1, -0.05) is 17.7 Å². The van der Waals surface area contributed by atoms with E-state index in [9.17, 15) is 0 Å². The average molecular weight is 278 g/mol. The molecular formula is C15H20ClN3. The minimum absolute atomic E-state index is 0.807. The van der Waals surface area contributed by atoms with E-state index in [0.29, 0.717) is 0 Å². The molecule has 0 radical (unpaired) electrons. The number of aromatic nitrogens is 1. The summed E-state index contributed by atoms with van der Waals surface area (Å²) in [4.78, 5) is 2.52. The fourth-order valence-corrected chi connectivity index (χ4v) is 3.07. The Labute approximate surface area is 119 Å². The molecule has 1 N–H and O–H groups in total. The fraction of sp³-hybridized carbons (Fsp3) is 0.467. The summed E-state index contributed by atoms with van der Waals surface area (Å²) in [5.41, 5.74) is 4.02. The second-order valence-corrected chi connectivity index (χ2v) is 5.75. The molecule has 1 aliphatic rings. The van der Waals surface area contributed by atoms with Gasteiger partial charge in [0, 0.05) is 61.4 Å². The number of piperazine rings is 1. The van der Waals surface area contributed by atoms with Gasteiger partial charge in [-0.05, 0) is 24.6 Å². The van der Waals surface area contributed by atoms with Crippen molar-refractivity contribution in [2.75, 3.05) is 26.2 Å². The first-order chi connectivity index (χ1) is 9.16. The summed E-state index contributed by atoms with van der Waals surface area (Å²) in [5, 5.41) is 5.54. The lowest BCUT2D eigenvalue weighted by Crippen LogP contribution is -2.42. The van der Waals surface area contributed by atoms with Crippen LogP contribution in [0.1, 0.15) is 11.3 Å². The lowest BCUT2D eigenvalue weighted by atomic mass is 10.1. The molecule has 1 aromatic carbocycles. The molecule has 4 heteroatoms. The highest BCUT2D eigenvalue weighted by Crippen LogP contribution is 2.28. The predicted octanol–water partition coefficient (Wildman–Crippen LogP) is 2.55. The second kappa shape index (κ2) is 5.16. The maximum Gasteiger partial charge on any atom is 0.0498 e. The van der Waals surface area contributed by atoms with Gasteiger partial charge in [0.25, 0.3) is 0 Å². The second-order valence-electron chi connectivity index (χ2n) is 5.31. The Morgan fingerprint density at radius 3 is 2.74 bits per heavy atom. The van der Waals surface area contributed by atoms with Crippen LogP contribution in [-0.2, 0) is 13.6 Å². The molecule has 0 atom stereocenters. The summed E-state index contributed by atoms with van der Waals surface area (Å²) in [6, 6.07) is 6.21. The highest BCUT2D eigenvalue weighted by molar-refractivity contribution is 6.31. The lowest BCUT2D eigenvalue weighted by Gasteiger charge is -2.27. The van der Waals surface area contributed by atoms with E-state index in [2.05, 4.69) is 40.9 Å². The van der Waals surface area contributed by atoms with Crippen LogP contribution in [0.3, 0.4) is 0 Å². The van der Waals surface area contributed by atoms with Gasteiger partial charge >= 0.3 is 0 Å². The highest BCUT2D eigenvalue weighted by atomic mass is 35.5. The fourth-order valence-electron chi connectivity index (χ4n) is 2.91. The zero-order valence-corrected chi connectivity index (χ0v) is 12.3. The van der Waals surface area contributed by atoms with Crippen LogP contribution in [0.25, 0.3) is 10.9 Å². The van der Waals surface area contributed by atoms with Crippen molar-refractivity contribution in [3.63, 3.8) is 0 Å². The van der Waals surface area contributed by atoms with Crippen LogP contribution in [0.4, 0.5) is 0 Å². The van der Waals surface area contributed by atoms with E-state index in [1.165, 1.54) is 22.2 Å². The summed E-state index contributed by atoms with van der Waals surface area (Å²) in [6.45, 7) is 7.68. The third-order valence-electron chi connectivity index (χ3n) is 4.18. The van der Waals surface area contributed by atoms with Crippen LogP contribution in [0, 0.1) is 6.92 Å². The normalized spacial score (nSPS) is 17.2. The van der Waals surface area contributed by atoms with Crippen molar-refractivity contribution in [1.82, 2.24) is 14.8 Å². The van der Waals surface area contributed by atoms with E-state index in [1.807, 2.05) is 6.07 Å². The van der Waals surface area contributed by atoms with E-state index in [4.69, 9.17) is 11.6 Å². The van der Waals surface area contributed by atoms with Gasteiger partial charge in [-0.3, -0.25) is 4.90 Å². The van der Waals surface area contributed by atoms with Crippen molar-refractivity contribution in [3.05, 3.63) is 34.5 Å². The predicted molar refractivity (Wildman–Crippen MR) is 80.8 cm³/mol. The van der Waals surface area contributed by atoms with Gasteiger partial charge in [0.05, 0.1) is 0 Å². The van der Waals surface area contributed by atoms with Gasteiger partial charge in [0.1, 0.15) is 0 Å². The molecule has 0 bridgehead atoms. The van der Waals surface area contributed by atoms with Crippen LogP contribution >= 0.6 is 11.6 Å². The molecule has 0 unspecified atom stereocenters. The van der Waals surface area contributed by atoms with Gasteiger partial charge < -0.3 is 9.88 Å².